The number of rotatable bonds is 4. The van der Waals surface area contributed by atoms with Crippen LogP contribution in [0.2, 0.25) is 0 Å². The van der Waals surface area contributed by atoms with Gasteiger partial charge < -0.3 is 10.3 Å². The van der Waals surface area contributed by atoms with Crippen LogP contribution < -0.4 is 10.7 Å². The first-order chi connectivity index (χ1) is 9.20. The maximum Gasteiger partial charge on any atom is 0.256 e. The molecule has 2 rings (SSSR count). The van der Waals surface area contributed by atoms with E-state index in [0.29, 0.717) is 0 Å². The molecule has 1 fully saturated rings. The normalized spacial score (nSPS) is 23.0. The van der Waals surface area contributed by atoms with Crippen LogP contribution in [0.25, 0.3) is 0 Å². The molecule has 0 radical (unpaired) electrons. The van der Waals surface area contributed by atoms with Gasteiger partial charge in [0.15, 0.2) is 5.43 Å². The lowest BCUT2D eigenvalue weighted by Gasteiger charge is -2.28. The van der Waals surface area contributed by atoms with Crippen LogP contribution >= 0.6 is 0 Å². The second-order valence-corrected chi connectivity index (χ2v) is 5.40. The molecule has 4 heteroatoms. The summed E-state index contributed by atoms with van der Waals surface area (Å²) >= 11 is 0. The molecule has 0 aromatic carbocycles. The van der Waals surface area contributed by atoms with E-state index in [-0.39, 0.29) is 22.9 Å². The minimum atomic E-state index is -0.249. The molecule has 1 aromatic heterocycles. The molecule has 1 aromatic rings. The molecule has 0 bridgehead atoms. The van der Waals surface area contributed by atoms with Gasteiger partial charge in [-0.15, -0.1) is 0 Å². The highest BCUT2D eigenvalue weighted by Gasteiger charge is 2.22. The second-order valence-electron chi connectivity index (χ2n) is 5.40. The van der Waals surface area contributed by atoms with Crippen molar-refractivity contribution >= 4 is 5.91 Å². The van der Waals surface area contributed by atoms with Gasteiger partial charge in [-0.2, -0.15) is 0 Å². The molecule has 19 heavy (non-hydrogen) atoms. The van der Waals surface area contributed by atoms with Crippen molar-refractivity contribution < 1.29 is 4.79 Å². The van der Waals surface area contributed by atoms with Crippen LogP contribution in [-0.4, -0.2) is 16.9 Å². The molecule has 0 spiro atoms. The monoisotopic (exact) mass is 262 g/mol. The summed E-state index contributed by atoms with van der Waals surface area (Å²) in [5, 5.41) is 2.98. The van der Waals surface area contributed by atoms with Crippen molar-refractivity contribution in [2.75, 3.05) is 0 Å². The SMILES string of the molecule is CCCC1CCC(NC(=O)c2c[nH]ccc2=O)CC1. The van der Waals surface area contributed by atoms with Crippen molar-refractivity contribution in [1.82, 2.24) is 10.3 Å². The standard InChI is InChI=1S/C15H22N2O2/c1-2-3-11-4-6-12(7-5-11)17-15(19)13-10-16-9-8-14(13)18/h8-12H,2-7H2,1H3,(H,16,18)(H,17,19). The molecule has 0 unspecified atom stereocenters. The number of carbonyl (C=O) groups excluding carboxylic acids is 1. The van der Waals surface area contributed by atoms with Gasteiger partial charge in [-0.3, -0.25) is 9.59 Å². The van der Waals surface area contributed by atoms with Gasteiger partial charge in [0, 0.05) is 24.5 Å². The van der Waals surface area contributed by atoms with E-state index in [1.165, 1.54) is 44.1 Å². The van der Waals surface area contributed by atoms with Crippen LogP contribution in [0.15, 0.2) is 23.3 Å². The van der Waals surface area contributed by atoms with Gasteiger partial charge in [-0.25, -0.2) is 0 Å². The van der Waals surface area contributed by atoms with Crippen molar-refractivity contribution in [3.8, 4) is 0 Å². The summed E-state index contributed by atoms with van der Waals surface area (Å²) in [6, 6.07) is 1.60. The zero-order valence-corrected chi connectivity index (χ0v) is 11.4. The first-order valence-corrected chi connectivity index (χ1v) is 7.18. The Kier molecular flexibility index (Phi) is 4.77. The van der Waals surface area contributed by atoms with E-state index >= 15 is 0 Å². The van der Waals surface area contributed by atoms with Crippen LogP contribution in [0.3, 0.4) is 0 Å². The Hall–Kier alpha value is -1.58. The number of H-pyrrole nitrogens is 1. The Bertz CT molecular complexity index is 473. The predicted molar refractivity (Wildman–Crippen MR) is 75.2 cm³/mol. The number of aromatic amines is 1. The molecular formula is C15H22N2O2. The maximum absolute atomic E-state index is 12.0. The average Bonchev–Trinajstić information content (AvgIpc) is 2.42. The van der Waals surface area contributed by atoms with Crippen molar-refractivity contribution in [2.45, 2.75) is 51.5 Å². The molecule has 4 nitrogen and oxygen atoms in total. The molecule has 2 N–H and O–H groups in total. The van der Waals surface area contributed by atoms with Crippen LogP contribution in [0.4, 0.5) is 0 Å². The van der Waals surface area contributed by atoms with E-state index in [1.807, 2.05) is 0 Å². The minimum absolute atomic E-state index is 0.207. The lowest BCUT2D eigenvalue weighted by Crippen LogP contribution is -2.39. The Labute approximate surface area is 113 Å². The summed E-state index contributed by atoms with van der Waals surface area (Å²) in [6.45, 7) is 2.22. The summed E-state index contributed by atoms with van der Waals surface area (Å²) in [6.07, 6.45) is 9.96. The van der Waals surface area contributed by atoms with E-state index in [4.69, 9.17) is 0 Å². The quantitative estimate of drug-likeness (QED) is 0.875. The van der Waals surface area contributed by atoms with Crippen LogP contribution in [0.5, 0.6) is 0 Å². The molecule has 1 aliphatic carbocycles. The lowest BCUT2D eigenvalue weighted by molar-refractivity contribution is 0.0919. The van der Waals surface area contributed by atoms with Crippen LogP contribution in [0, 0.1) is 5.92 Å². The van der Waals surface area contributed by atoms with E-state index in [1.54, 1.807) is 0 Å². The highest BCUT2D eigenvalue weighted by molar-refractivity contribution is 5.93. The fraction of sp³-hybridized carbons (Fsp3) is 0.600. The van der Waals surface area contributed by atoms with Gasteiger partial charge in [0.2, 0.25) is 0 Å². The van der Waals surface area contributed by atoms with Gasteiger partial charge >= 0.3 is 0 Å². The second kappa shape index (κ2) is 6.55. The number of nitrogens with one attached hydrogen (secondary N) is 2. The summed E-state index contributed by atoms with van der Waals surface area (Å²) < 4.78 is 0. The smallest absolute Gasteiger partial charge is 0.256 e. The fourth-order valence-electron chi connectivity index (χ4n) is 2.86. The maximum atomic E-state index is 12.0. The van der Waals surface area contributed by atoms with E-state index < -0.39 is 0 Å². The molecular weight excluding hydrogens is 240 g/mol. The Balaban J connectivity index is 1.88. The number of amides is 1. The van der Waals surface area contributed by atoms with E-state index in [9.17, 15) is 9.59 Å². The largest absolute Gasteiger partial charge is 0.367 e. The molecule has 1 amide bonds. The number of pyridine rings is 1. The number of hydrogen-bond acceptors (Lipinski definition) is 2. The highest BCUT2D eigenvalue weighted by atomic mass is 16.2. The summed E-state index contributed by atoms with van der Waals surface area (Å²) in [5.41, 5.74) is -0.0194. The third-order valence-electron chi connectivity index (χ3n) is 3.95. The fourth-order valence-corrected chi connectivity index (χ4v) is 2.86. The number of aromatic nitrogens is 1. The first kappa shape index (κ1) is 13.8. The Morgan fingerprint density at radius 3 is 2.74 bits per heavy atom. The molecule has 1 heterocycles. The zero-order valence-electron chi connectivity index (χ0n) is 11.4. The number of carbonyl (C=O) groups is 1. The topological polar surface area (TPSA) is 62.0 Å². The third-order valence-corrected chi connectivity index (χ3v) is 3.95. The summed E-state index contributed by atoms with van der Waals surface area (Å²) in [5.74, 6) is 0.569. The van der Waals surface area contributed by atoms with Gasteiger partial charge in [0.1, 0.15) is 5.56 Å². The van der Waals surface area contributed by atoms with Gasteiger partial charge in [-0.05, 0) is 31.6 Å². The number of hydrogen-bond donors (Lipinski definition) is 2. The Morgan fingerprint density at radius 2 is 2.11 bits per heavy atom. The zero-order chi connectivity index (χ0) is 13.7. The van der Waals surface area contributed by atoms with Gasteiger partial charge in [-0.1, -0.05) is 19.8 Å². The molecule has 0 saturated heterocycles. The highest BCUT2D eigenvalue weighted by Crippen LogP contribution is 2.27. The van der Waals surface area contributed by atoms with Crippen LogP contribution in [-0.2, 0) is 0 Å². The predicted octanol–water partition coefficient (Wildman–Crippen LogP) is 2.46. The minimum Gasteiger partial charge on any atom is -0.367 e. The summed E-state index contributed by atoms with van der Waals surface area (Å²) in [7, 11) is 0. The van der Waals surface area contributed by atoms with Crippen molar-refractivity contribution in [1.29, 1.82) is 0 Å². The first-order valence-electron chi connectivity index (χ1n) is 7.18. The van der Waals surface area contributed by atoms with Crippen LogP contribution in [0.1, 0.15) is 55.8 Å². The third kappa shape index (κ3) is 3.69. The van der Waals surface area contributed by atoms with Gasteiger partial charge in [0.05, 0.1) is 0 Å². The summed E-state index contributed by atoms with van der Waals surface area (Å²) in [4.78, 5) is 26.4. The van der Waals surface area contributed by atoms with E-state index in [0.717, 1.165) is 18.8 Å². The Morgan fingerprint density at radius 1 is 1.37 bits per heavy atom. The lowest BCUT2D eigenvalue weighted by atomic mass is 9.83. The van der Waals surface area contributed by atoms with Gasteiger partial charge in [0.25, 0.3) is 5.91 Å². The van der Waals surface area contributed by atoms with E-state index in [2.05, 4.69) is 17.2 Å². The molecule has 0 aliphatic heterocycles. The van der Waals surface area contributed by atoms with Crippen molar-refractivity contribution in [2.24, 2.45) is 5.92 Å². The molecule has 0 atom stereocenters. The molecule has 104 valence electrons. The van der Waals surface area contributed by atoms with Crippen molar-refractivity contribution in [3.05, 3.63) is 34.2 Å². The van der Waals surface area contributed by atoms with Crippen molar-refractivity contribution in [3.63, 3.8) is 0 Å². The average molecular weight is 262 g/mol. The molecule has 1 saturated carbocycles. The molecule has 1 aliphatic rings.